The lowest BCUT2D eigenvalue weighted by atomic mass is 10.1. The van der Waals surface area contributed by atoms with Crippen LogP contribution in [0.15, 0.2) is 0 Å². The first-order valence-corrected chi connectivity index (χ1v) is 6.81. The standard InChI is InChI=1S/C7H18OP2/c1-6(5-9-3)7(2)8-10-4/h6-7,9-10H,5H2,1-4H3. The maximum absolute atomic E-state index is 5.49. The van der Waals surface area contributed by atoms with Crippen LogP contribution in [0.1, 0.15) is 13.8 Å². The van der Waals surface area contributed by atoms with Crippen molar-refractivity contribution < 1.29 is 4.52 Å². The minimum absolute atomic E-state index is 0.454. The Bertz CT molecular complexity index is 68.0. The molecular weight excluding hydrogens is 162 g/mol. The highest BCUT2D eigenvalue weighted by molar-refractivity contribution is 7.37. The third-order valence-corrected chi connectivity index (χ3v) is 3.29. The first-order chi connectivity index (χ1) is 4.72. The van der Waals surface area contributed by atoms with Crippen LogP contribution in [0.4, 0.5) is 0 Å². The summed E-state index contributed by atoms with van der Waals surface area (Å²) in [4.78, 5) is 0. The van der Waals surface area contributed by atoms with Gasteiger partial charge >= 0.3 is 0 Å². The molecule has 10 heavy (non-hydrogen) atoms. The van der Waals surface area contributed by atoms with Gasteiger partial charge < -0.3 is 4.52 Å². The van der Waals surface area contributed by atoms with E-state index in [9.17, 15) is 0 Å². The molecule has 0 aromatic rings. The van der Waals surface area contributed by atoms with Crippen LogP contribution in [0.25, 0.3) is 0 Å². The smallest absolute Gasteiger partial charge is 0.0614 e. The Morgan fingerprint density at radius 2 is 1.90 bits per heavy atom. The second-order valence-corrected chi connectivity index (χ2v) is 4.32. The van der Waals surface area contributed by atoms with E-state index in [1.807, 2.05) is 0 Å². The molecule has 0 rings (SSSR count). The third kappa shape index (κ3) is 4.61. The fourth-order valence-corrected chi connectivity index (χ4v) is 2.37. The summed E-state index contributed by atoms with van der Waals surface area (Å²) in [6.07, 6.45) is 1.77. The molecule has 3 heteroatoms. The lowest BCUT2D eigenvalue weighted by Gasteiger charge is -2.18. The van der Waals surface area contributed by atoms with E-state index in [4.69, 9.17) is 4.52 Å². The van der Waals surface area contributed by atoms with Gasteiger partial charge in [0.2, 0.25) is 0 Å². The molecule has 0 aromatic heterocycles. The Balaban J connectivity index is 3.38. The van der Waals surface area contributed by atoms with E-state index < -0.39 is 0 Å². The molecule has 0 amide bonds. The van der Waals surface area contributed by atoms with Gasteiger partial charge in [0.05, 0.1) is 6.10 Å². The second kappa shape index (κ2) is 6.53. The van der Waals surface area contributed by atoms with Gasteiger partial charge in [-0.3, -0.25) is 0 Å². The molecule has 1 nitrogen and oxygen atoms in total. The molecule has 4 unspecified atom stereocenters. The first kappa shape index (κ1) is 10.8. The summed E-state index contributed by atoms with van der Waals surface area (Å²) in [6.45, 7) is 8.76. The van der Waals surface area contributed by atoms with Crippen molar-refractivity contribution in [2.45, 2.75) is 20.0 Å². The average molecular weight is 180 g/mol. The van der Waals surface area contributed by atoms with Gasteiger partial charge in [0.15, 0.2) is 0 Å². The normalized spacial score (nSPS) is 19.2. The second-order valence-electron chi connectivity index (χ2n) is 2.56. The van der Waals surface area contributed by atoms with Gasteiger partial charge in [-0.2, -0.15) is 0 Å². The SMILES string of the molecule is CPCC(C)C(C)OPC. The molecule has 0 bridgehead atoms. The third-order valence-electron chi connectivity index (χ3n) is 1.63. The zero-order chi connectivity index (χ0) is 7.98. The average Bonchev–Trinajstić information content (AvgIpc) is 1.89. The van der Waals surface area contributed by atoms with E-state index >= 15 is 0 Å². The van der Waals surface area contributed by atoms with Crippen LogP contribution in [0.5, 0.6) is 0 Å². The van der Waals surface area contributed by atoms with Gasteiger partial charge in [0, 0.05) is 8.81 Å². The fourth-order valence-electron chi connectivity index (χ4n) is 0.790. The lowest BCUT2D eigenvalue weighted by molar-refractivity contribution is 0.200. The summed E-state index contributed by atoms with van der Waals surface area (Å²) in [6, 6.07) is 0. The minimum Gasteiger partial charge on any atom is -0.360 e. The van der Waals surface area contributed by atoms with Crippen molar-refractivity contribution >= 4 is 17.4 Å². The molecule has 0 aliphatic carbocycles. The van der Waals surface area contributed by atoms with E-state index in [2.05, 4.69) is 27.2 Å². The molecular formula is C7H18OP2. The molecule has 0 aromatic carbocycles. The van der Waals surface area contributed by atoms with Gasteiger partial charge in [-0.25, -0.2) is 0 Å². The van der Waals surface area contributed by atoms with Crippen molar-refractivity contribution in [2.75, 3.05) is 19.5 Å². The van der Waals surface area contributed by atoms with E-state index in [-0.39, 0.29) is 0 Å². The molecule has 0 fully saturated rings. The Morgan fingerprint density at radius 3 is 2.30 bits per heavy atom. The first-order valence-electron chi connectivity index (χ1n) is 3.69. The Labute approximate surface area is 68.0 Å². The van der Waals surface area contributed by atoms with Crippen molar-refractivity contribution in [1.29, 1.82) is 0 Å². The van der Waals surface area contributed by atoms with Crippen LogP contribution >= 0.6 is 17.4 Å². The summed E-state index contributed by atoms with van der Waals surface area (Å²) in [5.41, 5.74) is 0. The maximum Gasteiger partial charge on any atom is 0.0614 e. The topological polar surface area (TPSA) is 9.23 Å². The van der Waals surface area contributed by atoms with Crippen molar-refractivity contribution in [3.63, 3.8) is 0 Å². The van der Waals surface area contributed by atoms with E-state index in [1.165, 1.54) is 6.16 Å². The highest BCUT2D eigenvalue weighted by atomic mass is 31.1. The van der Waals surface area contributed by atoms with Crippen molar-refractivity contribution in [2.24, 2.45) is 5.92 Å². The Kier molecular flexibility index (Phi) is 7.06. The Hall–Kier alpha value is 0.820. The molecule has 0 radical (unpaired) electrons. The van der Waals surface area contributed by atoms with Crippen LogP contribution in [-0.4, -0.2) is 25.6 Å². The number of hydrogen-bond acceptors (Lipinski definition) is 1. The van der Waals surface area contributed by atoms with Gasteiger partial charge in [0.1, 0.15) is 0 Å². The highest BCUT2D eigenvalue weighted by Gasteiger charge is 2.09. The zero-order valence-corrected chi connectivity index (χ0v) is 9.27. The van der Waals surface area contributed by atoms with Crippen LogP contribution in [0.2, 0.25) is 0 Å². The summed E-state index contributed by atoms with van der Waals surface area (Å²) < 4.78 is 5.49. The predicted octanol–water partition coefficient (Wildman–Crippen LogP) is 2.56. The molecule has 0 saturated heterocycles. The molecule has 0 aliphatic rings. The summed E-state index contributed by atoms with van der Waals surface area (Å²) in [7, 11) is 1.70. The van der Waals surface area contributed by atoms with Gasteiger partial charge in [0.25, 0.3) is 0 Å². The van der Waals surface area contributed by atoms with Crippen LogP contribution in [0, 0.1) is 5.92 Å². The highest BCUT2D eigenvalue weighted by Crippen LogP contribution is 2.20. The van der Waals surface area contributed by atoms with Crippen LogP contribution in [0.3, 0.4) is 0 Å². The number of rotatable bonds is 5. The van der Waals surface area contributed by atoms with Crippen LogP contribution in [-0.2, 0) is 4.52 Å². The molecule has 0 N–H and O–H groups in total. The molecule has 0 spiro atoms. The summed E-state index contributed by atoms with van der Waals surface area (Å²) >= 11 is 0. The predicted molar refractivity (Wildman–Crippen MR) is 53.1 cm³/mol. The van der Waals surface area contributed by atoms with Crippen molar-refractivity contribution in [3.8, 4) is 0 Å². The lowest BCUT2D eigenvalue weighted by Crippen LogP contribution is -2.16. The van der Waals surface area contributed by atoms with E-state index in [1.54, 1.807) is 0 Å². The Morgan fingerprint density at radius 1 is 1.30 bits per heavy atom. The molecule has 62 valence electrons. The number of hydrogen-bond donors (Lipinski definition) is 0. The molecule has 0 aliphatic heterocycles. The van der Waals surface area contributed by atoms with Gasteiger partial charge in [-0.15, -0.1) is 8.58 Å². The monoisotopic (exact) mass is 180 g/mol. The largest absolute Gasteiger partial charge is 0.360 e. The zero-order valence-electron chi connectivity index (χ0n) is 7.27. The maximum atomic E-state index is 5.49. The van der Waals surface area contributed by atoms with Crippen molar-refractivity contribution in [1.82, 2.24) is 0 Å². The molecule has 0 saturated carbocycles. The van der Waals surface area contributed by atoms with Crippen molar-refractivity contribution in [3.05, 3.63) is 0 Å². The quantitative estimate of drug-likeness (QED) is 0.591. The molecule has 4 atom stereocenters. The van der Waals surface area contributed by atoms with Gasteiger partial charge in [-0.1, -0.05) is 6.92 Å². The van der Waals surface area contributed by atoms with E-state index in [0.717, 1.165) is 14.5 Å². The van der Waals surface area contributed by atoms with Crippen LogP contribution < -0.4 is 0 Å². The fraction of sp³-hybridized carbons (Fsp3) is 1.00. The van der Waals surface area contributed by atoms with E-state index in [0.29, 0.717) is 14.9 Å². The minimum atomic E-state index is 0.454. The molecule has 0 heterocycles. The summed E-state index contributed by atoms with van der Waals surface area (Å²) in [5, 5.41) is 0. The van der Waals surface area contributed by atoms with Gasteiger partial charge in [-0.05, 0) is 32.3 Å². The summed E-state index contributed by atoms with van der Waals surface area (Å²) in [5.74, 6) is 0.732.